The van der Waals surface area contributed by atoms with E-state index in [4.69, 9.17) is 9.47 Å². The summed E-state index contributed by atoms with van der Waals surface area (Å²) >= 11 is 0. The summed E-state index contributed by atoms with van der Waals surface area (Å²) in [5, 5.41) is 0. The minimum atomic E-state index is -0.269. The average Bonchev–Trinajstić information content (AvgIpc) is 3.45. The third-order valence-electron chi connectivity index (χ3n) is 4.30. The minimum absolute atomic E-state index is 0.0289. The van der Waals surface area contributed by atoms with Gasteiger partial charge in [-0.1, -0.05) is 12.1 Å². The highest BCUT2D eigenvalue weighted by molar-refractivity contribution is 5.95. The number of nitrogens with zero attached hydrogens (tertiary/aromatic N) is 1. The third kappa shape index (κ3) is 3.07. The quantitative estimate of drug-likeness (QED) is 0.864. The predicted octanol–water partition coefficient (Wildman–Crippen LogP) is 3.40. The molecule has 2 aromatic carbocycles. The molecule has 1 saturated carbocycles. The number of carbonyl (C=O) groups is 1. The Morgan fingerprint density at radius 1 is 1.04 bits per heavy atom. The van der Waals surface area contributed by atoms with Gasteiger partial charge in [-0.05, 0) is 48.7 Å². The van der Waals surface area contributed by atoms with E-state index in [1.807, 2.05) is 4.90 Å². The first-order valence-corrected chi connectivity index (χ1v) is 8.16. The molecule has 0 aromatic heterocycles. The van der Waals surface area contributed by atoms with Gasteiger partial charge in [0.15, 0.2) is 11.5 Å². The van der Waals surface area contributed by atoms with Crippen molar-refractivity contribution in [2.45, 2.75) is 25.4 Å². The number of hydrogen-bond donors (Lipinski definition) is 0. The lowest BCUT2D eigenvalue weighted by Gasteiger charge is -2.24. The fourth-order valence-electron chi connectivity index (χ4n) is 2.88. The fraction of sp³-hybridized carbons (Fsp3) is 0.316. The van der Waals surface area contributed by atoms with E-state index in [9.17, 15) is 9.18 Å². The molecule has 0 N–H and O–H groups in total. The van der Waals surface area contributed by atoms with Crippen LogP contribution in [0.25, 0.3) is 0 Å². The Kier molecular flexibility index (Phi) is 3.84. The number of halogens is 1. The first-order chi connectivity index (χ1) is 11.7. The lowest BCUT2D eigenvalue weighted by molar-refractivity contribution is 0.0728. The van der Waals surface area contributed by atoms with Crippen molar-refractivity contribution in [1.82, 2.24) is 4.90 Å². The summed E-state index contributed by atoms with van der Waals surface area (Å²) in [4.78, 5) is 14.8. The summed E-state index contributed by atoms with van der Waals surface area (Å²) in [6.07, 6.45) is 2.02. The molecule has 0 unspecified atom stereocenters. The summed E-state index contributed by atoms with van der Waals surface area (Å²) in [5.74, 6) is 0.993. The van der Waals surface area contributed by atoms with Crippen molar-refractivity contribution >= 4 is 5.91 Å². The van der Waals surface area contributed by atoms with E-state index in [-0.39, 0.29) is 17.8 Å². The van der Waals surface area contributed by atoms with Gasteiger partial charge in [0.1, 0.15) is 19.0 Å². The third-order valence-corrected chi connectivity index (χ3v) is 4.30. The van der Waals surface area contributed by atoms with Crippen LogP contribution >= 0.6 is 0 Å². The van der Waals surface area contributed by atoms with Crippen molar-refractivity contribution in [1.29, 1.82) is 0 Å². The molecule has 1 heterocycles. The average molecular weight is 327 g/mol. The number of ether oxygens (including phenoxy) is 2. The highest BCUT2D eigenvalue weighted by Gasteiger charge is 2.33. The lowest BCUT2D eigenvalue weighted by atomic mass is 10.1. The molecular formula is C19H18FNO3. The van der Waals surface area contributed by atoms with E-state index in [1.165, 1.54) is 12.1 Å². The summed E-state index contributed by atoms with van der Waals surface area (Å²) in [6, 6.07) is 11.9. The van der Waals surface area contributed by atoms with Crippen LogP contribution in [0.1, 0.15) is 28.8 Å². The Labute approximate surface area is 139 Å². The van der Waals surface area contributed by atoms with Crippen LogP contribution in [0.3, 0.4) is 0 Å². The van der Waals surface area contributed by atoms with E-state index in [0.29, 0.717) is 36.8 Å². The number of benzene rings is 2. The summed E-state index contributed by atoms with van der Waals surface area (Å²) in [6.45, 7) is 1.50. The van der Waals surface area contributed by atoms with E-state index in [2.05, 4.69) is 0 Å². The molecule has 1 fully saturated rings. The topological polar surface area (TPSA) is 38.8 Å². The summed E-state index contributed by atoms with van der Waals surface area (Å²) < 4.78 is 24.1. The molecule has 1 aliphatic heterocycles. The molecule has 1 amide bonds. The maximum Gasteiger partial charge on any atom is 0.254 e. The van der Waals surface area contributed by atoms with Gasteiger partial charge in [0.05, 0.1) is 0 Å². The Morgan fingerprint density at radius 3 is 2.46 bits per heavy atom. The monoisotopic (exact) mass is 327 g/mol. The van der Waals surface area contributed by atoms with Crippen molar-refractivity contribution in [3.63, 3.8) is 0 Å². The van der Waals surface area contributed by atoms with Gasteiger partial charge in [0.2, 0.25) is 0 Å². The molecule has 0 bridgehead atoms. The summed E-state index contributed by atoms with van der Waals surface area (Å²) in [7, 11) is 0. The lowest BCUT2D eigenvalue weighted by Crippen LogP contribution is -2.32. The molecule has 1 aliphatic carbocycles. The molecule has 0 saturated heterocycles. The molecule has 0 radical (unpaired) electrons. The first-order valence-electron chi connectivity index (χ1n) is 8.16. The highest BCUT2D eigenvalue weighted by Crippen LogP contribution is 2.34. The molecule has 4 nitrogen and oxygen atoms in total. The second-order valence-electron chi connectivity index (χ2n) is 6.15. The van der Waals surface area contributed by atoms with Gasteiger partial charge < -0.3 is 14.4 Å². The van der Waals surface area contributed by atoms with Gasteiger partial charge in [0, 0.05) is 18.2 Å². The Morgan fingerprint density at radius 2 is 1.75 bits per heavy atom. The minimum Gasteiger partial charge on any atom is -0.486 e. The van der Waals surface area contributed by atoms with Crippen molar-refractivity contribution < 1.29 is 18.7 Å². The van der Waals surface area contributed by atoms with Crippen molar-refractivity contribution in [3.05, 3.63) is 59.4 Å². The Balaban J connectivity index is 1.57. The molecule has 4 rings (SSSR count). The molecule has 5 heteroatoms. The zero-order valence-electron chi connectivity index (χ0n) is 13.2. The second kappa shape index (κ2) is 6.15. The second-order valence-corrected chi connectivity index (χ2v) is 6.15. The number of hydrogen-bond acceptors (Lipinski definition) is 3. The normalized spacial score (nSPS) is 15.9. The van der Waals surface area contributed by atoms with Gasteiger partial charge in [-0.15, -0.1) is 0 Å². The molecule has 0 spiro atoms. The number of carbonyl (C=O) groups excluding carboxylic acids is 1. The van der Waals surface area contributed by atoms with E-state index in [0.717, 1.165) is 18.4 Å². The number of amides is 1. The van der Waals surface area contributed by atoms with E-state index < -0.39 is 0 Å². The van der Waals surface area contributed by atoms with Gasteiger partial charge in [0.25, 0.3) is 5.91 Å². The van der Waals surface area contributed by atoms with E-state index >= 15 is 0 Å². The smallest absolute Gasteiger partial charge is 0.254 e. The molecule has 0 atom stereocenters. The maximum atomic E-state index is 13.1. The van der Waals surface area contributed by atoms with E-state index in [1.54, 1.807) is 30.3 Å². The van der Waals surface area contributed by atoms with Gasteiger partial charge in [-0.3, -0.25) is 4.79 Å². The highest BCUT2D eigenvalue weighted by atomic mass is 19.1. The molecule has 24 heavy (non-hydrogen) atoms. The molecule has 124 valence electrons. The molecule has 2 aliphatic rings. The van der Waals surface area contributed by atoms with Crippen LogP contribution in [0.15, 0.2) is 42.5 Å². The van der Waals surface area contributed by atoms with Gasteiger partial charge in [-0.25, -0.2) is 4.39 Å². The van der Waals surface area contributed by atoms with Crippen LogP contribution in [-0.2, 0) is 6.54 Å². The fourth-order valence-corrected chi connectivity index (χ4v) is 2.88. The van der Waals surface area contributed by atoms with Crippen LogP contribution in [0.2, 0.25) is 0 Å². The van der Waals surface area contributed by atoms with Gasteiger partial charge in [-0.2, -0.15) is 0 Å². The standard InChI is InChI=1S/C19H18FNO3/c20-15-4-1-13(2-5-15)12-21(16-6-7-16)19(22)14-3-8-17-18(11-14)24-10-9-23-17/h1-5,8,11,16H,6-7,9-10,12H2. The number of rotatable bonds is 4. The Hall–Kier alpha value is -2.56. The molecular weight excluding hydrogens is 309 g/mol. The van der Waals surface area contributed by atoms with Crippen molar-refractivity contribution in [3.8, 4) is 11.5 Å². The van der Waals surface area contributed by atoms with Crippen molar-refractivity contribution in [2.24, 2.45) is 0 Å². The first kappa shape index (κ1) is 15.0. The SMILES string of the molecule is O=C(c1ccc2c(c1)OCCO2)N(Cc1ccc(F)cc1)C1CC1. The number of fused-ring (bicyclic) bond motifs is 1. The van der Waals surface area contributed by atoms with Crippen molar-refractivity contribution in [2.75, 3.05) is 13.2 Å². The maximum absolute atomic E-state index is 13.1. The van der Waals surface area contributed by atoms with Crippen LogP contribution < -0.4 is 9.47 Å². The van der Waals surface area contributed by atoms with Gasteiger partial charge >= 0.3 is 0 Å². The predicted molar refractivity (Wildman–Crippen MR) is 86.7 cm³/mol. The largest absolute Gasteiger partial charge is 0.486 e. The van der Waals surface area contributed by atoms with Crippen LogP contribution in [0.4, 0.5) is 4.39 Å². The summed E-state index contributed by atoms with van der Waals surface area (Å²) in [5.41, 5.74) is 1.52. The molecule has 2 aromatic rings. The van der Waals surface area contributed by atoms with Crippen LogP contribution in [0, 0.1) is 5.82 Å². The van der Waals surface area contributed by atoms with Crippen LogP contribution in [0.5, 0.6) is 11.5 Å². The zero-order valence-corrected chi connectivity index (χ0v) is 13.2. The zero-order chi connectivity index (χ0) is 16.5. The van der Waals surface area contributed by atoms with Crippen LogP contribution in [-0.4, -0.2) is 30.1 Å². The Bertz CT molecular complexity index is 756.